The number of benzene rings is 1. The first-order chi connectivity index (χ1) is 9.67. The summed E-state index contributed by atoms with van der Waals surface area (Å²) >= 11 is 0. The molecule has 2 N–H and O–H groups in total. The zero-order valence-electron chi connectivity index (χ0n) is 12.7. The van der Waals surface area contributed by atoms with E-state index in [-0.39, 0.29) is 17.9 Å². The fourth-order valence-corrected chi connectivity index (χ4v) is 3.40. The molecule has 1 aliphatic rings. The standard InChI is InChI=1S/C17H27FN2/c1-3-15-7-5-6-12-20(15)17(16(19)4-2)13-8-10-14(18)11-9-13/h8-11,15-17H,3-7,12,19H2,1-2H3. The maximum Gasteiger partial charge on any atom is 0.123 e. The van der Waals surface area contributed by atoms with Crippen molar-refractivity contribution in [1.29, 1.82) is 0 Å². The van der Waals surface area contributed by atoms with E-state index in [0.717, 1.165) is 24.9 Å². The average Bonchev–Trinajstić information content (AvgIpc) is 2.49. The Morgan fingerprint density at radius 2 is 1.95 bits per heavy atom. The van der Waals surface area contributed by atoms with Gasteiger partial charge in [0.2, 0.25) is 0 Å². The van der Waals surface area contributed by atoms with Crippen LogP contribution in [0.3, 0.4) is 0 Å². The second-order valence-electron chi connectivity index (χ2n) is 5.86. The van der Waals surface area contributed by atoms with Crippen LogP contribution in [0.5, 0.6) is 0 Å². The summed E-state index contributed by atoms with van der Waals surface area (Å²) in [4.78, 5) is 2.56. The van der Waals surface area contributed by atoms with Crippen LogP contribution in [0.4, 0.5) is 4.39 Å². The van der Waals surface area contributed by atoms with Crippen LogP contribution in [0.2, 0.25) is 0 Å². The minimum atomic E-state index is -0.178. The third kappa shape index (κ3) is 3.39. The number of hydrogen-bond acceptors (Lipinski definition) is 2. The van der Waals surface area contributed by atoms with Crippen molar-refractivity contribution in [3.05, 3.63) is 35.6 Å². The van der Waals surface area contributed by atoms with Gasteiger partial charge in [-0.1, -0.05) is 32.4 Å². The van der Waals surface area contributed by atoms with Crippen LogP contribution in [-0.4, -0.2) is 23.5 Å². The number of hydrogen-bond donors (Lipinski definition) is 1. The second kappa shape index (κ2) is 7.19. The van der Waals surface area contributed by atoms with Gasteiger partial charge in [0.25, 0.3) is 0 Å². The molecule has 2 nitrogen and oxygen atoms in total. The Bertz CT molecular complexity index is 404. The minimum absolute atomic E-state index is 0.104. The second-order valence-corrected chi connectivity index (χ2v) is 5.86. The summed E-state index contributed by atoms with van der Waals surface area (Å²) in [6.45, 7) is 5.49. The predicted octanol–water partition coefficient (Wildman–Crippen LogP) is 3.87. The fraction of sp³-hybridized carbons (Fsp3) is 0.647. The molecule has 3 atom stereocenters. The van der Waals surface area contributed by atoms with Crippen molar-refractivity contribution in [2.24, 2.45) is 5.73 Å². The molecule has 0 aliphatic carbocycles. The predicted molar refractivity (Wildman–Crippen MR) is 82.0 cm³/mol. The van der Waals surface area contributed by atoms with Crippen LogP contribution in [0.15, 0.2) is 24.3 Å². The van der Waals surface area contributed by atoms with Gasteiger partial charge in [0.1, 0.15) is 5.82 Å². The highest BCUT2D eigenvalue weighted by Gasteiger charge is 2.31. The highest BCUT2D eigenvalue weighted by atomic mass is 19.1. The maximum atomic E-state index is 13.2. The van der Waals surface area contributed by atoms with E-state index in [1.165, 1.54) is 19.3 Å². The molecule has 1 fully saturated rings. The molecule has 1 saturated heterocycles. The quantitative estimate of drug-likeness (QED) is 0.886. The van der Waals surface area contributed by atoms with Crippen molar-refractivity contribution >= 4 is 0 Å². The van der Waals surface area contributed by atoms with Gasteiger partial charge in [-0.05, 0) is 49.9 Å². The Kier molecular flexibility index (Phi) is 5.55. The summed E-state index contributed by atoms with van der Waals surface area (Å²) in [5, 5.41) is 0. The van der Waals surface area contributed by atoms with E-state index >= 15 is 0 Å². The van der Waals surface area contributed by atoms with E-state index in [0.29, 0.717) is 6.04 Å². The van der Waals surface area contributed by atoms with E-state index in [2.05, 4.69) is 18.7 Å². The number of nitrogens with zero attached hydrogens (tertiary/aromatic N) is 1. The Morgan fingerprint density at radius 1 is 1.25 bits per heavy atom. The lowest BCUT2D eigenvalue weighted by Crippen LogP contribution is -2.48. The molecule has 2 rings (SSSR count). The minimum Gasteiger partial charge on any atom is -0.326 e. The van der Waals surface area contributed by atoms with Crippen LogP contribution >= 0.6 is 0 Å². The zero-order valence-corrected chi connectivity index (χ0v) is 12.7. The first-order valence-corrected chi connectivity index (χ1v) is 7.94. The summed E-state index contributed by atoms with van der Waals surface area (Å²) in [7, 11) is 0. The third-order valence-corrected chi connectivity index (χ3v) is 4.59. The van der Waals surface area contributed by atoms with Gasteiger partial charge in [0.05, 0.1) is 6.04 Å². The molecule has 1 aromatic rings. The van der Waals surface area contributed by atoms with Crippen molar-refractivity contribution in [3.8, 4) is 0 Å². The van der Waals surface area contributed by atoms with Gasteiger partial charge in [-0.2, -0.15) is 0 Å². The van der Waals surface area contributed by atoms with E-state index in [1.54, 1.807) is 12.1 Å². The highest BCUT2D eigenvalue weighted by molar-refractivity contribution is 5.22. The van der Waals surface area contributed by atoms with E-state index in [9.17, 15) is 4.39 Å². The first kappa shape index (κ1) is 15.5. The van der Waals surface area contributed by atoms with Crippen molar-refractivity contribution in [2.45, 2.75) is 64.1 Å². The number of rotatable bonds is 5. The normalized spacial score (nSPS) is 23.5. The van der Waals surface area contributed by atoms with Crippen LogP contribution in [0.25, 0.3) is 0 Å². The molecule has 3 unspecified atom stereocenters. The topological polar surface area (TPSA) is 29.3 Å². The van der Waals surface area contributed by atoms with Gasteiger partial charge in [-0.25, -0.2) is 4.39 Å². The maximum absolute atomic E-state index is 13.2. The lowest BCUT2D eigenvalue weighted by molar-refractivity contribution is 0.0757. The Labute approximate surface area is 122 Å². The monoisotopic (exact) mass is 278 g/mol. The summed E-state index contributed by atoms with van der Waals surface area (Å²) < 4.78 is 13.2. The first-order valence-electron chi connectivity index (χ1n) is 7.94. The SMILES string of the molecule is CCC(N)C(c1ccc(F)cc1)N1CCCCC1CC. The van der Waals surface area contributed by atoms with Crippen molar-refractivity contribution in [3.63, 3.8) is 0 Å². The molecule has 3 heteroatoms. The van der Waals surface area contributed by atoms with Crippen LogP contribution in [0.1, 0.15) is 57.6 Å². The number of nitrogens with two attached hydrogens (primary N) is 1. The van der Waals surface area contributed by atoms with E-state index in [4.69, 9.17) is 5.73 Å². The highest BCUT2D eigenvalue weighted by Crippen LogP contribution is 2.32. The Balaban J connectivity index is 2.28. The molecule has 1 heterocycles. The van der Waals surface area contributed by atoms with Crippen LogP contribution in [-0.2, 0) is 0 Å². The van der Waals surface area contributed by atoms with Crippen molar-refractivity contribution < 1.29 is 4.39 Å². The molecule has 0 radical (unpaired) electrons. The molecule has 0 saturated carbocycles. The molecular formula is C17H27FN2. The average molecular weight is 278 g/mol. The molecular weight excluding hydrogens is 251 g/mol. The molecule has 1 aliphatic heterocycles. The van der Waals surface area contributed by atoms with Gasteiger partial charge in [-0.15, -0.1) is 0 Å². The lowest BCUT2D eigenvalue weighted by Gasteiger charge is -2.43. The molecule has 0 bridgehead atoms. The molecule has 112 valence electrons. The lowest BCUT2D eigenvalue weighted by atomic mass is 9.90. The van der Waals surface area contributed by atoms with Crippen molar-refractivity contribution in [2.75, 3.05) is 6.54 Å². The summed E-state index contributed by atoms with van der Waals surface area (Å²) in [5.74, 6) is -0.178. The van der Waals surface area contributed by atoms with Crippen LogP contribution < -0.4 is 5.73 Å². The summed E-state index contributed by atoms with van der Waals surface area (Å²) in [6.07, 6.45) is 5.91. The van der Waals surface area contributed by atoms with Gasteiger partial charge in [0.15, 0.2) is 0 Å². The molecule has 20 heavy (non-hydrogen) atoms. The van der Waals surface area contributed by atoms with Gasteiger partial charge >= 0.3 is 0 Å². The zero-order chi connectivity index (χ0) is 14.5. The molecule has 0 spiro atoms. The number of piperidine rings is 1. The molecule has 0 amide bonds. The van der Waals surface area contributed by atoms with Crippen molar-refractivity contribution in [1.82, 2.24) is 4.90 Å². The third-order valence-electron chi connectivity index (χ3n) is 4.59. The van der Waals surface area contributed by atoms with E-state index < -0.39 is 0 Å². The van der Waals surface area contributed by atoms with E-state index in [1.807, 2.05) is 12.1 Å². The summed E-state index contributed by atoms with van der Waals surface area (Å²) in [6, 6.07) is 7.83. The molecule has 0 aromatic heterocycles. The van der Waals surface area contributed by atoms with Gasteiger partial charge in [-0.3, -0.25) is 4.90 Å². The smallest absolute Gasteiger partial charge is 0.123 e. The van der Waals surface area contributed by atoms with Gasteiger partial charge < -0.3 is 5.73 Å². The largest absolute Gasteiger partial charge is 0.326 e. The Morgan fingerprint density at radius 3 is 2.55 bits per heavy atom. The van der Waals surface area contributed by atoms with Crippen LogP contribution in [0, 0.1) is 5.82 Å². The number of halogens is 1. The molecule has 1 aromatic carbocycles. The summed E-state index contributed by atoms with van der Waals surface area (Å²) in [5.41, 5.74) is 7.55. The Hall–Kier alpha value is -0.930. The van der Waals surface area contributed by atoms with Gasteiger partial charge in [0, 0.05) is 12.1 Å². The fourth-order valence-electron chi connectivity index (χ4n) is 3.40. The number of likely N-dealkylation sites (tertiary alicyclic amines) is 1.